The Balaban J connectivity index is 1.83. The summed E-state index contributed by atoms with van der Waals surface area (Å²) in [5, 5.41) is 11.2. The lowest BCUT2D eigenvalue weighted by molar-refractivity contribution is -0.218. The molecular weight excluding hydrogens is 394 g/mol. The number of ether oxygens (including phenoxy) is 2. The zero-order chi connectivity index (χ0) is 21.6. The number of hydrogen-bond donors (Lipinski definition) is 2. The predicted octanol–water partition coefficient (Wildman–Crippen LogP) is 1.91. The maximum Gasteiger partial charge on any atom is 0.358 e. The van der Waals surface area contributed by atoms with Crippen LogP contribution in [0.5, 0.6) is 0 Å². The lowest BCUT2D eigenvalue weighted by Crippen LogP contribution is -2.65. The highest BCUT2D eigenvalue weighted by molar-refractivity contribution is 5.85. The number of hydrogen-bond acceptors (Lipinski definition) is 5. The fourth-order valence-corrected chi connectivity index (χ4v) is 3.45. The van der Waals surface area contributed by atoms with Crippen molar-refractivity contribution in [2.24, 2.45) is 5.73 Å². The average molecular weight is 420 g/mol. The maximum absolute atomic E-state index is 15.5. The summed E-state index contributed by atoms with van der Waals surface area (Å²) in [5.41, 5.74) is 3.80. The van der Waals surface area contributed by atoms with Gasteiger partial charge in [-0.1, -0.05) is 60.7 Å². The third-order valence-corrected chi connectivity index (χ3v) is 5.21. The molecule has 0 aromatic heterocycles. The SMILES string of the molecule is NC(COCc1ccccc1)C(O)(c1ccccc1)C(F)(F)C(=O)N1CCOCC1. The van der Waals surface area contributed by atoms with Gasteiger partial charge in [0.2, 0.25) is 0 Å². The molecule has 2 aromatic carbocycles. The standard InChI is InChI=1S/C22H26F2N2O4/c23-22(24,20(27)26-11-13-29-14-12-26)21(28,18-9-5-2-6-10-18)19(25)16-30-15-17-7-3-1-4-8-17/h1-10,19,28H,11-16,25H2. The Morgan fingerprint density at radius 1 is 1.10 bits per heavy atom. The van der Waals surface area contributed by atoms with Crippen molar-refractivity contribution in [3.05, 3.63) is 71.8 Å². The fraction of sp³-hybridized carbons (Fsp3) is 0.409. The van der Waals surface area contributed by atoms with E-state index in [0.29, 0.717) is 0 Å². The molecule has 2 atom stereocenters. The number of amides is 1. The zero-order valence-corrected chi connectivity index (χ0v) is 16.5. The Labute approximate surface area is 174 Å². The first-order valence-corrected chi connectivity index (χ1v) is 9.77. The number of nitrogens with two attached hydrogens (primary N) is 1. The molecule has 6 nitrogen and oxygen atoms in total. The lowest BCUT2D eigenvalue weighted by Gasteiger charge is -2.41. The molecule has 0 aliphatic carbocycles. The molecule has 3 rings (SSSR count). The van der Waals surface area contributed by atoms with Gasteiger partial charge in [-0.25, -0.2) is 0 Å². The molecule has 30 heavy (non-hydrogen) atoms. The van der Waals surface area contributed by atoms with E-state index in [-0.39, 0.29) is 45.1 Å². The molecule has 2 aromatic rings. The molecule has 3 N–H and O–H groups in total. The van der Waals surface area contributed by atoms with E-state index in [1.165, 1.54) is 24.3 Å². The van der Waals surface area contributed by atoms with Crippen LogP contribution in [-0.2, 0) is 26.5 Å². The number of alkyl halides is 2. The Morgan fingerprint density at radius 3 is 2.27 bits per heavy atom. The van der Waals surface area contributed by atoms with Crippen LogP contribution < -0.4 is 5.73 Å². The highest BCUT2D eigenvalue weighted by Gasteiger charge is 2.63. The second-order valence-corrected chi connectivity index (χ2v) is 7.22. The molecule has 0 bridgehead atoms. The topological polar surface area (TPSA) is 85.0 Å². The zero-order valence-electron chi connectivity index (χ0n) is 16.5. The van der Waals surface area contributed by atoms with Crippen molar-refractivity contribution < 1.29 is 28.2 Å². The van der Waals surface area contributed by atoms with Crippen LogP contribution in [0.2, 0.25) is 0 Å². The minimum atomic E-state index is -4.17. The number of carbonyl (C=O) groups excluding carboxylic acids is 1. The van der Waals surface area contributed by atoms with Crippen molar-refractivity contribution in [1.82, 2.24) is 4.90 Å². The summed E-state index contributed by atoms with van der Waals surface area (Å²) in [6.07, 6.45) is 0. The number of halogens is 2. The van der Waals surface area contributed by atoms with Gasteiger partial charge in [0.1, 0.15) is 0 Å². The molecule has 1 aliphatic heterocycles. The summed E-state index contributed by atoms with van der Waals surface area (Å²) < 4.78 is 41.7. The van der Waals surface area contributed by atoms with E-state index in [4.69, 9.17) is 15.2 Å². The summed E-state index contributed by atoms with van der Waals surface area (Å²) in [4.78, 5) is 13.7. The van der Waals surface area contributed by atoms with Gasteiger partial charge in [0.15, 0.2) is 5.60 Å². The molecule has 1 saturated heterocycles. The van der Waals surface area contributed by atoms with E-state index in [0.717, 1.165) is 10.5 Å². The largest absolute Gasteiger partial charge is 0.378 e. The van der Waals surface area contributed by atoms with Gasteiger partial charge < -0.3 is 25.2 Å². The number of rotatable bonds is 8. The average Bonchev–Trinajstić information content (AvgIpc) is 2.79. The van der Waals surface area contributed by atoms with E-state index in [1.54, 1.807) is 6.07 Å². The molecule has 8 heteroatoms. The molecule has 2 unspecified atom stereocenters. The summed E-state index contributed by atoms with van der Waals surface area (Å²) in [5.74, 6) is -5.64. The van der Waals surface area contributed by atoms with Gasteiger partial charge in [0.25, 0.3) is 5.91 Å². The maximum atomic E-state index is 15.5. The van der Waals surface area contributed by atoms with Crippen LogP contribution in [0.3, 0.4) is 0 Å². The van der Waals surface area contributed by atoms with Crippen LogP contribution in [0, 0.1) is 0 Å². The second-order valence-electron chi connectivity index (χ2n) is 7.22. The van der Waals surface area contributed by atoms with Crippen molar-refractivity contribution in [3.8, 4) is 0 Å². The Hall–Kier alpha value is -2.39. The van der Waals surface area contributed by atoms with Crippen molar-refractivity contribution >= 4 is 5.91 Å². The molecular formula is C22H26F2N2O4. The highest BCUT2D eigenvalue weighted by Crippen LogP contribution is 2.41. The van der Waals surface area contributed by atoms with Crippen LogP contribution in [0.1, 0.15) is 11.1 Å². The predicted molar refractivity (Wildman–Crippen MR) is 107 cm³/mol. The summed E-state index contributed by atoms with van der Waals surface area (Å²) in [6, 6.07) is 14.9. The Kier molecular flexibility index (Phi) is 7.14. The summed E-state index contributed by atoms with van der Waals surface area (Å²) >= 11 is 0. The van der Waals surface area contributed by atoms with E-state index >= 15 is 8.78 Å². The minimum Gasteiger partial charge on any atom is -0.378 e. The number of morpholine rings is 1. The number of carbonyl (C=O) groups is 1. The third kappa shape index (κ3) is 4.52. The van der Waals surface area contributed by atoms with Crippen LogP contribution in [0.15, 0.2) is 60.7 Å². The minimum absolute atomic E-state index is 0.0268. The first kappa shape index (κ1) is 22.3. The van der Waals surface area contributed by atoms with Crippen molar-refractivity contribution in [2.75, 3.05) is 32.9 Å². The third-order valence-electron chi connectivity index (χ3n) is 5.21. The second kappa shape index (κ2) is 9.61. The first-order chi connectivity index (χ1) is 14.4. The first-order valence-electron chi connectivity index (χ1n) is 9.77. The van der Waals surface area contributed by atoms with Gasteiger partial charge >= 0.3 is 5.92 Å². The molecule has 1 aliphatic rings. The van der Waals surface area contributed by atoms with Gasteiger partial charge in [-0.2, -0.15) is 8.78 Å². The molecule has 1 fully saturated rings. The number of benzene rings is 2. The number of aliphatic hydroxyl groups is 1. The summed E-state index contributed by atoms with van der Waals surface area (Å²) in [7, 11) is 0. The van der Waals surface area contributed by atoms with Gasteiger partial charge in [0.05, 0.1) is 32.5 Å². The Morgan fingerprint density at radius 2 is 1.67 bits per heavy atom. The smallest absolute Gasteiger partial charge is 0.358 e. The van der Waals surface area contributed by atoms with Crippen LogP contribution in [0.4, 0.5) is 8.78 Å². The van der Waals surface area contributed by atoms with Gasteiger partial charge in [0, 0.05) is 13.1 Å². The molecule has 0 saturated carbocycles. The van der Waals surface area contributed by atoms with Gasteiger partial charge in [-0.05, 0) is 11.1 Å². The van der Waals surface area contributed by atoms with E-state index in [9.17, 15) is 9.90 Å². The fourth-order valence-electron chi connectivity index (χ4n) is 3.45. The highest BCUT2D eigenvalue weighted by atomic mass is 19.3. The molecule has 0 radical (unpaired) electrons. The van der Waals surface area contributed by atoms with E-state index in [1.807, 2.05) is 30.3 Å². The van der Waals surface area contributed by atoms with Crippen LogP contribution >= 0.6 is 0 Å². The van der Waals surface area contributed by atoms with E-state index in [2.05, 4.69) is 0 Å². The van der Waals surface area contributed by atoms with Gasteiger partial charge in [-0.3, -0.25) is 4.79 Å². The number of nitrogens with zero attached hydrogens (tertiary/aromatic N) is 1. The van der Waals surface area contributed by atoms with Crippen molar-refractivity contribution in [2.45, 2.75) is 24.2 Å². The van der Waals surface area contributed by atoms with Gasteiger partial charge in [-0.15, -0.1) is 0 Å². The van der Waals surface area contributed by atoms with E-state index < -0.39 is 23.5 Å². The lowest BCUT2D eigenvalue weighted by atomic mass is 9.80. The normalized spacial score (nSPS) is 17.9. The van der Waals surface area contributed by atoms with Crippen molar-refractivity contribution in [3.63, 3.8) is 0 Å². The summed E-state index contributed by atoms with van der Waals surface area (Å²) in [6.45, 7) is 0.155. The molecule has 1 heterocycles. The van der Waals surface area contributed by atoms with Crippen molar-refractivity contribution in [1.29, 1.82) is 0 Å². The Bertz CT molecular complexity index is 816. The molecule has 1 amide bonds. The van der Waals surface area contributed by atoms with Crippen LogP contribution in [-0.4, -0.2) is 60.8 Å². The monoisotopic (exact) mass is 420 g/mol. The molecule has 0 spiro atoms. The quantitative estimate of drug-likeness (QED) is 0.682. The molecule has 162 valence electrons. The van der Waals surface area contributed by atoms with Crippen LogP contribution in [0.25, 0.3) is 0 Å².